The molecule has 0 bridgehead atoms. The molecule has 0 aliphatic heterocycles. The van der Waals surface area contributed by atoms with Crippen molar-refractivity contribution in [3.05, 3.63) is 92.1 Å². The lowest BCUT2D eigenvalue weighted by atomic mass is 10.1. The molecular formula is C27H49N3O3S. The largest absolute Gasteiger partial charge is 0.197 e. The van der Waals surface area contributed by atoms with E-state index < -0.39 is 10.6 Å². The summed E-state index contributed by atoms with van der Waals surface area (Å²) in [7, 11) is -3.35. The van der Waals surface area contributed by atoms with E-state index in [1.54, 1.807) is 19.1 Å². The van der Waals surface area contributed by atoms with Gasteiger partial charge < -0.3 is 0 Å². The predicted octanol–water partition coefficient (Wildman–Crippen LogP) is 11.0. The highest BCUT2D eigenvalue weighted by Crippen LogP contribution is 2.60. The van der Waals surface area contributed by atoms with Crippen molar-refractivity contribution in [1.82, 2.24) is 0 Å². The van der Waals surface area contributed by atoms with Crippen LogP contribution in [0, 0.1) is 49.3 Å². The van der Waals surface area contributed by atoms with Crippen LogP contribution in [0.1, 0.15) is 83.2 Å². The molecule has 34 heavy (non-hydrogen) atoms. The average Bonchev–Trinajstić information content (AvgIpc) is 2.91. The third kappa shape index (κ3) is 16.0. The van der Waals surface area contributed by atoms with Crippen LogP contribution in [-0.2, 0) is 0 Å². The summed E-state index contributed by atoms with van der Waals surface area (Å²) in [6, 6.07) is 11.8. The smallest absolute Gasteiger partial charge is 0.135 e. The molecule has 6 nitrogen and oxygen atoms in total. The van der Waals surface area contributed by atoms with Crippen molar-refractivity contribution in [2.45, 2.75) is 94.9 Å². The van der Waals surface area contributed by atoms with Crippen molar-refractivity contribution in [3.63, 3.8) is 0 Å². The Balaban J connectivity index is -0.000000131. The molecule has 2 aromatic rings. The summed E-state index contributed by atoms with van der Waals surface area (Å²) in [5, 5.41) is 0. The highest BCUT2D eigenvalue weighted by molar-refractivity contribution is 8.30. The van der Waals surface area contributed by atoms with Crippen LogP contribution in [0.3, 0.4) is 0 Å². The van der Waals surface area contributed by atoms with Gasteiger partial charge in [-0.3, -0.25) is 0 Å². The van der Waals surface area contributed by atoms with Gasteiger partial charge in [-0.05, 0) is 57.4 Å². The molecule has 2 aromatic carbocycles. The minimum Gasteiger partial charge on any atom is -0.135 e. The number of benzene rings is 2. The molecule has 0 aliphatic carbocycles. The predicted molar refractivity (Wildman–Crippen MR) is 156 cm³/mol. The molecule has 7 heteroatoms. The Morgan fingerprint density at radius 1 is 0.529 bits per heavy atom. The average molecular weight is 496 g/mol. The van der Waals surface area contributed by atoms with Gasteiger partial charge in [0.1, 0.15) is 0 Å². The van der Waals surface area contributed by atoms with E-state index in [1.165, 1.54) is 11.1 Å². The lowest BCUT2D eigenvalue weighted by Crippen LogP contribution is -1.95. The maximum Gasteiger partial charge on any atom is 0.197 e. The minimum absolute atomic E-state index is 0.218. The van der Waals surface area contributed by atoms with Crippen molar-refractivity contribution in [3.8, 4) is 0 Å². The Labute approximate surface area is 211 Å². The van der Waals surface area contributed by atoms with Crippen molar-refractivity contribution in [2.24, 2.45) is 13.7 Å². The van der Waals surface area contributed by atoms with Gasteiger partial charge in [-0.2, -0.15) is 0 Å². The normalized spacial score (nSPS) is 8.62. The summed E-state index contributed by atoms with van der Waals surface area (Å²) in [4.78, 5) is 32.1. The highest BCUT2D eigenvalue weighted by Gasteiger charge is 2.33. The Morgan fingerprint density at radius 2 is 0.794 bits per heavy atom. The molecule has 0 radical (unpaired) electrons. The van der Waals surface area contributed by atoms with Crippen molar-refractivity contribution in [2.75, 3.05) is 0 Å². The van der Waals surface area contributed by atoms with Crippen LogP contribution in [0.5, 0.6) is 0 Å². The van der Waals surface area contributed by atoms with E-state index in [-0.39, 0.29) is 4.90 Å². The van der Waals surface area contributed by atoms with Gasteiger partial charge in [0.15, 0.2) is 10.6 Å². The second kappa shape index (κ2) is 28.4. The first-order chi connectivity index (χ1) is 16.3. The molecule has 0 amide bonds. The second-order valence-corrected chi connectivity index (χ2v) is 7.52. The molecule has 0 fully saturated rings. The van der Waals surface area contributed by atoms with Gasteiger partial charge in [0.05, 0.1) is 4.90 Å². The van der Waals surface area contributed by atoms with Crippen molar-refractivity contribution in [1.29, 1.82) is 0 Å². The van der Waals surface area contributed by atoms with Crippen molar-refractivity contribution < 1.29 is 0 Å². The van der Waals surface area contributed by atoms with Crippen LogP contribution >= 0.6 is 10.6 Å². The first-order valence-electron chi connectivity index (χ1n) is 11.8. The first-order valence-corrected chi connectivity index (χ1v) is 13.3. The van der Waals surface area contributed by atoms with Gasteiger partial charge in [0.25, 0.3) is 0 Å². The van der Waals surface area contributed by atoms with E-state index in [4.69, 9.17) is 0 Å². The van der Waals surface area contributed by atoms with Gasteiger partial charge in [0.2, 0.25) is 0 Å². The summed E-state index contributed by atoms with van der Waals surface area (Å²) in [5.41, 5.74) is 5.13. The number of nitroso groups, excluding NO2 is 3. The summed E-state index contributed by atoms with van der Waals surface area (Å²) < 4.78 is 7.60. The second-order valence-electron chi connectivity index (χ2n) is 5.60. The van der Waals surface area contributed by atoms with E-state index in [2.05, 4.69) is 65.0 Å². The molecule has 0 N–H and O–H groups in total. The maximum absolute atomic E-state index is 10.6. The molecule has 0 aromatic heterocycles. The van der Waals surface area contributed by atoms with Gasteiger partial charge in [-0.15, -0.1) is 27.9 Å². The molecule has 0 unspecified atom stereocenters. The van der Waals surface area contributed by atoms with Gasteiger partial charge in [-0.1, -0.05) is 96.8 Å². The Morgan fingerprint density at radius 3 is 1.06 bits per heavy atom. The summed E-state index contributed by atoms with van der Waals surface area (Å²) in [6.45, 7) is 31.6. The summed E-state index contributed by atoms with van der Waals surface area (Å²) in [5.74, 6) is 0. The summed E-state index contributed by atoms with van der Waals surface area (Å²) >= 11 is 0. The Hall–Kier alpha value is -2.67. The van der Waals surface area contributed by atoms with Crippen LogP contribution in [0.4, 0.5) is 0 Å². The van der Waals surface area contributed by atoms with Crippen molar-refractivity contribution >= 4 is 10.6 Å². The number of hydrogen-bond donors (Lipinski definition) is 0. The molecule has 0 saturated carbocycles. The van der Waals surface area contributed by atoms with E-state index in [1.807, 2.05) is 69.2 Å². The minimum atomic E-state index is -3.35. The monoisotopic (exact) mass is 495 g/mol. The van der Waals surface area contributed by atoms with Gasteiger partial charge in [-0.25, -0.2) is 0 Å². The van der Waals surface area contributed by atoms with E-state index >= 15 is 0 Å². The lowest BCUT2D eigenvalue weighted by molar-refractivity contribution is 1.19. The highest BCUT2D eigenvalue weighted by atomic mass is 32.3. The molecule has 0 saturated heterocycles. The third-order valence-electron chi connectivity index (χ3n) is 3.62. The summed E-state index contributed by atoms with van der Waals surface area (Å²) in [6.07, 6.45) is 0. The third-order valence-corrected chi connectivity index (χ3v) is 5.27. The van der Waals surface area contributed by atoms with Crippen LogP contribution in [0.2, 0.25) is 0 Å². The van der Waals surface area contributed by atoms with E-state index in [0.29, 0.717) is 5.56 Å². The van der Waals surface area contributed by atoms with Crippen LogP contribution in [-0.4, -0.2) is 0 Å². The fourth-order valence-electron chi connectivity index (χ4n) is 2.03. The van der Waals surface area contributed by atoms with Gasteiger partial charge in [0, 0.05) is 13.7 Å². The fraction of sp³-hybridized carbons (Fsp3) is 0.481. The first kappa shape index (κ1) is 41.6. The molecular weight excluding hydrogens is 446 g/mol. The Kier molecular flexibility index (Phi) is 34.7. The standard InChI is InChI=1S/C9H11N3O3S.C8H10.4C2H6.C2H4/c1-6-4-8(3)9(5-7(6)2)16(10-13,11-14)12-15;1-7-3-5-8(2)6-4-7;5*1-2/h4-5H,1-3H3;3-6H,1-2H3;4*1-2H3;1-2H2. The number of rotatable bonds is 4. The quantitative estimate of drug-likeness (QED) is 0.312. The molecule has 2 rings (SSSR count). The molecule has 0 atom stereocenters. The number of hydrogen-bond acceptors (Lipinski definition) is 6. The van der Waals surface area contributed by atoms with E-state index in [9.17, 15) is 14.7 Å². The topological polar surface area (TPSA) is 88.3 Å². The molecule has 0 spiro atoms. The number of aryl methyl sites for hydroxylation is 5. The van der Waals surface area contributed by atoms with E-state index in [0.717, 1.165) is 11.1 Å². The van der Waals surface area contributed by atoms with Crippen LogP contribution in [0.25, 0.3) is 0 Å². The zero-order chi connectivity index (χ0) is 28.3. The zero-order valence-electron chi connectivity index (χ0n) is 23.9. The fourth-order valence-corrected chi connectivity index (χ4v) is 3.18. The maximum atomic E-state index is 10.6. The van der Waals surface area contributed by atoms with Crippen LogP contribution in [0.15, 0.2) is 68.2 Å². The Bertz CT molecular complexity index is 722. The van der Waals surface area contributed by atoms with Gasteiger partial charge >= 0.3 is 0 Å². The SMILES string of the molecule is C=C.CC.CC.CC.CC.Cc1cc(C)c(S(N=O)(N=O)N=O)cc1C.Cc1ccc(C)cc1. The van der Waals surface area contributed by atoms with Crippen LogP contribution < -0.4 is 0 Å². The zero-order valence-corrected chi connectivity index (χ0v) is 24.7. The number of nitrogens with zero attached hydrogens (tertiary/aromatic N) is 3. The molecule has 0 aliphatic rings. The lowest BCUT2D eigenvalue weighted by Gasteiger charge is -2.17. The molecule has 196 valence electrons. The molecule has 0 heterocycles.